The van der Waals surface area contributed by atoms with E-state index in [9.17, 15) is 10.1 Å². The number of hydrogen-bond donors (Lipinski definition) is 2. The topological polar surface area (TPSA) is 119 Å². The van der Waals surface area contributed by atoms with Crippen molar-refractivity contribution < 1.29 is 4.92 Å². The Morgan fingerprint density at radius 2 is 1.96 bits per heavy atom. The molecule has 10 heteroatoms. The first-order valence-corrected chi connectivity index (χ1v) is 7.38. The molecule has 0 saturated heterocycles. The van der Waals surface area contributed by atoms with Crippen LogP contribution < -0.4 is 10.6 Å². The summed E-state index contributed by atoms with van der Waals surface area (Å²) in [6.07, 6.45) is 2.83. The van der Waals surface area contributed by atoms with Crippen molar-refractivity contribution in [2.75, 3.05) is 10.6 Å². The Morgan fingerprint density at radius 1 is 1.17 bits per heavy atom. The Kier molecular flexibility index (Phi) is 4.06. The number of nitrogens with one attached hydrogen (secondary N) is 2. The third kappa shape index (κ3) is 3.37. The highest BCUT2D eigenvalue weighted by molar-refractivity contribution is 7.13. The molecule has 0 radical (unpaired) electrons. The molecular weight excluding hydrogens is 318 g/mol. The van der Waals surface area contributed by atoms with Crippen LogP contribution in [0.2, 0.25) is 0 Å². The van der Waals surface area contributed by atoms with Gasteiger partial charge >= 0.3 is 5.69 Å². The van der Waals surface area contributed by atoms with Crippen LogP contribution in [0.5, 0.6) is 0 Å². The predicted molar refractivity (Wildman–Crippen MR) is 86.3 cm³/mol. The average molecular weight is 329 g/mol. The minimum absolute atomic E-state index is 0.0576. The third-order valence-corrected chi connectivity index (χ3v) is 3.49. The lowest BCUT2D eigenvalue weighted by molar-refractivity contribution is -0.383. The monoisotopic (exact) mass is 329 g/mol. The van der Waals surface area contributed by atoms with E-state index in [4.69, 9.17) is 0 Å². The number of aromatic nitrogens is 4. The van der Waals surface area contributed by atoms with E-state index in [0.717, 1.165) is 5.69 Å². The summed E-state index contributed by atoms with van der Waals surface area (Å²) in [4.78, 5) is 27.1. The van der Waals surface area contributed by atoms with Crippen molar-refractivity contribution in [3.05, 3.63) is 51.9 Å². The zero-order valence-electron chi connectivity index (χ0n) is 11.9. The maximum absolute atomic E-state index is 11.4. The quantitative estimate of drug-likeness (QED) is 0.541. The van der Waals surface area contributed by atoms with Crippen LogP contribution in [-0.2, 0) is 0 Å². The number of nitrogens with zero attached hydrogens (tertiary/aromatic N) is 5. The van der Waals surface area contributed by atoms with Gasteiger partial charge in [0.1, 0.15) is 12.1 Å². The summed E-state index contributed by atoms with van der Waals surface area (Å²) < 4.78 is 0. The summed E-state index contributed by atoms with van der Waals surface area (Å²) in [6, 6.07) is 5.33. The van der Waals surface area contributed by atoms with Gasteiger partial charge in [-0.05, 0) is 19.1 Å². The molecule has 116 valence electrons. The van der Waals surface area contributed by atoms with E-state index in [-0.39, 0.29) is 17.3 Å². The Hall–Kier alpha value is -3.14. The van der Waals surface area contributed by atoms with Crippen LogP contribution in [0.15, 0.2) is 36.1 Å². The second kappa shape index (κ2) is 6.32. The molecule has 0 aromatic carbocycles. The number of thiazole rings is 1. The smallest absolute Gasteiger partial charge is 0.319 e. The van der Waals surface area contributed by atoms with Gasteiger partial charge in [0.05, 0.1) is 4.92 Å². The molecule has 9 nitrogen and oxygen atoms in total. The summed E-state index contributed by atoms with van der Waals surface area (Å²) in [5.74, 6) is 0.587. The molecule has 0 unspecified atom stereocenters. The summed E-state index contributed by atoms with van der Waals surface area (Å²) in [7, 11) is 0. The molecule has 23 heavy (non-hydrogen) atoms. The molecule has 0 spiro atoms. The van der Waals surface area contributed by atoms with Crippen LogP contribution in [0, 0.1) is 17.0 Å². The number of aryl methyl sites for hydroxylation is 1. The SMILES string of the molecule is Cc1cccc(Nc2ncnc(Nc3nccs3)c2[N+](=O)[O-])n1. The van der Waals surface area contributed by atoms with Gasteiger partial charge in [-0.25, -0.2) is 19.9 Å². The highest BCUT2D eigenvalue weighted by atomic mass is 32.1. The van der Waals surface area contributed by atoms with Gasteiger partial charge in [0, 0.05) is 17.3 Å². The van der Waals surface area contributed by atoms with Crippen molar-refractivity contribution >= 4 is 39.6 Å². The minimum Gasteiger partial charge on any atom is -0.319 e. The van der Waals surface area contributed by atoms with Crippen LogP contribution >= 0.6 is 11.3 Å². The fraction of sp³-hybridized carbons (Fsp3) is 0.0769. The van der Waals surface area contributed by atoms with Crippen LogP contribution in [0.4, 0.5) is 28.3 Å². The van der Waals surface area contributed by atoms with Crippen molar-refractivity contribution in [2.24, 2.45) is 0 Å². The van der Waals surface area contributed by atoms with Gasteiger partial charge in [0.25, 0.3) is 0 Å². The largest absolute Gasteiger partial charge is 0.354 e. The van der Waals surface area contributed by atoms with Gasteiger partial charge in [0.15, 0.2) is 5.13 Å². The molecule has 0 aliphatic heterocycles. The standard InChI is InChI=1S/C13H11N7O2S/c1-8-3-2-4-9(17-8)18-11-10(20(21)22)12(16-7-15-11)19-13-14-5-6-23-13/h2-7H,1H3,(H2,14,15,16,17,18,19). The van der Waals surface area contributed by atoms with Crippen molar-refractivity contribution in [1.29, 1.82) is 0 Å². The van der Waals surface area contributed by atoms with E-state index in [1.165, 1.54) is 17.7 Å². The van der Waals surface area contributed by atoms with Crippen LogP contribution in [-0.4, -0.2) is 24.9 Å². The van der Waals surface area contributed by atoms with Gasteiger partial charge in [-0.2, -0.15) is 0 Å². The van der Waals surface area contributed by atoms with Crippen molar-refractivity contribution in [3.8, 4) is 0 Å². The zero-order valence-corrected chi connectivity index (χ0v) is 12.7. The van der Waals surface area contributed by atoms with E-state index in [1.54, 1.807) is 23.7 Å². The average Bonchev–Trinajstić information content (AvgIpc) is 3.00. The molecule has 0 aliphatic rings. The summed E-state index contributed by atoms with van der Waals surface area (Å²) >= 11 is 1.31. The number of pyridine rings is 1. The lowest BCUT2D eigenvalue weighted by Crippen LogP contribution is -2.06. The maximum Gasteiger partial charge on any atom is 0.354 e. The van der Waals surface area contributed by atoms with Crippen molar-refractivity contribution in [3.63, 3.8) is 0 Å². The summed E-state index contributed by atoms with van der Waals surface area (Å²) in [5, 5.41) is 19.4. The van der Waals surface area contributed by atoms with Crippen LogP contribution in [0.25, 0.3) is 0 Å². The molecule has 0 atom stereocenters. The second-order valence-electron chi connectivity index (χ2n) is 4.43. The number of nitro groups is 1. The van der Waals surface area contributed by atoms with Gasteiger partial charge in [-0.1, -0.05) is 6.07 Å². The summed E-state index contributed by atoms with van der Waals surface area (Å²) in [5.41, 5.74) is 0.513. The molecule has 3 heterocycles. The summed E-state index contributed by atoms with van der Waals surface area (Å²) in [6.45, 7) is 1.83. The number of anilines is 4. The maximum atomic E-state index is 11.4. The lowest BCUT2D eigenvalue weighted by atomic mass is 10.3. The zero-order chi connectivity index (χ0) is 16.2. The minimum atomic E-state index is -0.548. The highest BCUT2D eigenvalue weighted by Gasteiger charge is 2.24. The number of rotatable bonds is 5. The predicted octanol–water partition coefficient (Wildman–Crippen LogP) is 3.03. The fourth-order valence-electron chi connectivity index (χ4n) is 1.86. The van der Waals surface area contributed by atoms with E-state index < -0.39 is 4.92 Å². The Labute approximate surface area is 134 Å². The van der Waals surface area contributed by atoms with Gasteiger partial charge in [-0.15, -0.1) is 11.3 Å². The Bertz CT molecular complexity index is 838. The van der Waals surface area contributed by atoms with E-state index in [2.05, 4.69) is 30.6 Å². The van der Waals surface area contributed by atoms with Gasteiger partial charge < -0.3 is 10.6 Å². The molecule has 0 aliphatic carbocycles. The molecule has 0 saturated carbocycles. The Balaban J connectivity index is 1.98. The molecule has 3 rings (SSSR count). The van der Waals surface area contributed by atoms with Crippen LogP contribution in [0.3, 0.4) is 0 Å². The molecule has 2 N–H and O–H groups in total. The first-order valence-electron chi connectivity index (χ1n) is 6.50. The second-order valence-corrected chi connectivity index (χ2v) is 5.32. The van der Waals surface area contributed by atoms with Gasteiger partial charge in [-0.3, -0.25) is 10.1 Å². The van der Waals surface area contributed by atoms with Crippen molar-refractivity contribution in [2.45, 2.75) is 6.92 Å². The molecule has 0 fully saturated rings. The highest BCUT2D eigenvalue weighted by Crippen LogP contribution is 2.32. The third-order valence-electron chi connectivity index (χ3n) is 2.80. The first-order chi connectivity index (χ1) is 11.1. The molecule has 3 aromatic rings. The van der Waals surface area contributed by atoms with E-state index in [1.807, 2.05) is 13.0 Å². The molecular formula is C13H11N7O2S. The van der Waals surface area contributed by atoms with Crippen LogP contribution in [0.1, 0.15) is 5.69 Å². The van der Waals surface area contributed by atoms with Crippen molar-refractivity contribution in [1.82, 2.24) is 19.9 Å². The Morgan fingerprint density at radius 3 is 2.61 bits per heavy atom. The molecule has 3 aromatic heterocycles. The fourth-order valence-corrected chi connectivity index (χ4v) is 2.38. The normalized spacial score (nSPS) is 10.3. The van der Waals surface area contributed by atoms with E-state index in [0.29, 0.717) is 10.9 Å². The first kappa shape index (κ1) is 14.8. The molecule has 0 amide bonds. The molecule has 0 bridgehead atoms. The lowest BCUT2D eigenvalue weighted by Gasteiger charge is -2.08. The van der Waals surface area contributed by atoms with E-state index >= 15 is 0 Å². The number of hydrogen-bond acceptors (Lipinski definition) is 9. The van der Waals surface area contributed by atoms with Gasteiger partial charge in [0.2, 0.25) is 11.6 Å².